The van der Waals surface area contributed by atoms with Crippen molar-refractivity contribution in [3.05, 3.63) is 5.89 Å². The number of aromatic nitrogens is 2. The standard InChI is InChI=1S/C10H18ClN3O/c1-6(11)8-13-14-9(15-8)12-7(2)10(3,4)5/h6-7H,1-5H3,(H,12,14). The molecule has 2 unspecified atom stereocenters. The molecule has 0 radical (unpaired) electrons. The molecule has 0 saturated carbocycles. The van der Waals surface area contributed by atoms with E-state index in [0.717, 1.165) is 0 Å². The molecule has 2 atom stereocenters. The van der Waals surface area contributed by atoms with Crippen LogP contribution in [0.5, 0.6) is 0 Å². The van der Waals surface area contributed by atoms with Gasteiger partial charge in [0.2, 0.25) is 5.89 Å². The molecule has 4 nitrogen and oxygen atoms in total. The van der Waals surface area contributed by atoms with Crippen molar-refractivity contribution in [2.75, 3.05) is 5.32 Å². The van der Waals surface area contributed by atoms with E-state index in [1.54, 1.807) is 6.92 Å². The van der Waals surface area contributed by atoms with Gasteiger partial charge in [0.25, 0.3) is 0 Å². The third kappa shape index (κ3) is 3.38. The minimum Gasteiger partial charge on any atom is -0.406 e. The van der Waals surface area contributed by atoms with E-state index in [4.69, 9.17) is 16.0 Å². The zero-order chi connectivity index (χ0) is 11.6. The molecule has 1 rings (SSSR count). The molecule has 0 fully saturated rings. The average Bonchev–Trinajstić information content (AvgIpc) is 2.50. The Hall–Kier alpha value is -0.770. The lowest BCUT2D eigenvalue weighted by Gasteiger charge is -2.26. The van der Waals surface area contributed by atoms with E-state index in [-0.39, 0.29) is 16.8 Å². The van der Waals surface area contributed by atoms with Crippen LogP contribution in [0.25, 0.3) is 0 Å². The van der Waals surface area contributed by atoms with Crippen LogP contribution < -0.4 is 5.32 Å². The van der Waals surface area contributed by atoms with Gasteiger partial charge in [-0.05, 0) is 19.3 Å². The average molecular weight is 232 g/mol. The van der Waals surface area contributed by atoms with E-state index < -0.39 is 0 Å². The highest BCUT2D eigenvalue weighted by Crippen LogP contribution is 2.24. The highest BCUT2D eigenvalue weighted by atomic mass is 35.5. The number of alkyl halides is 1. The van der Waals surface area contributed by atoms with Gasteiger partial charge < -0.3 is 9.73 Å². The molecule has 0 saturated heterocycles. The second-order valence-corrected chi connectivity index (χ2v) is 5.45. The summed E-state index contributed by atoms with van der Waals surface area (Å²) < 4.78 is 5.35. The molecule has 86 valence electrons. The van der Waals surface area contributed by atoms with Crippen LogP contribution >= 0.6 is 11.6 Å². The van der Waals surface area contributed by atoms with Gasteiger partial charge in [0.1, 0.15) is 5.38 Å². The van der Waals surface area contributed by atoms with Gasteiger partial charge in [0.05, 0.1) is 0 Å². The van der Waals surface area contributed by atoms with Crippen molar-refractivity contribution in [2.24, 2.45) is 5.41 Å². The van der Waals surface area contributed by atoms with Gasteiger partial charge in [-0.25, -0.2) is 0 Å². The summed E-state index contributed by atoms with van der Waals surface area (Å²) in [4.78, 5) is 0. The van der Waals surface area contributed by atoms with E-state index in [2.05, 4.69) is 43.2 Å². The molecule has 1 aromatic heterocycles. The van der Waals surface area contributed by atoms with Gasteiger partial charge in [-0.2, -0.15) is 0 Å². The highest BCUT2D eigenvalue weighted by Gasteiger charge is 2.22. The van der Waals surface area contributed by atoms with Crippen molar-refractivity contribution in [3.8, 4) is 0 Å². The molecule has 0 spiro atoms. The predicted octanol–water partition coefficient (Wildman–Crippen LogP) is 3.22. The quantitative estimate of drug-likeness (QED) is 0.812. The van der Waals surface area contributed by atoms with Gasteiger partial charge in [-0.15, -0.1) is 16.7 Å². The van der Waals surface area contributed by atoms with Crippen LogP contribution in [0.3, 0.4) is 0 Å². The zero-order valence-electron chi connectivity index (χ0n) is 9.84. The topological polar surface area (TPSA) is 51.0 Å². The molecular weight excluding hydrogens is 214 g/mol. The van der Waals surface area contributed by atoms with Crippen LogP contribution in [0.15, 0.2) is 4.42 Å². The molecule has 0 amide bonds. The molecule has 1 N–H and O–H groups in total. The van der Waals surface area contributed by atoms with E-state index in [0.29, 0.717) is 11.9 Å². The number of nitrogens with zero attached hydrogens (tertiary/aromatic N) is 2. The van der Waals surface area contributed by atoms with Crippen LogP contribution in [0.4, 0.5) is 6.01 Å². The van der Waals surface area contributed by atoms with Gasteiger partial charge >= 0.3 is 6.01 Å². The van der Waals surface area contributed by atoms with E-state index in [1.165, 1.54) is 0 Å². The molecule has 0 aliphatic carbocycles. The smallest absolute Gasteiger partial charge is 0.315 e. The van der Waals surface area contributed by atoms with Crippen LogP contribution in [0.1, 0.15) is 45.9 Å². The van der Waals surface area contributed by atoms with E-state index in [9.17, 15) is 0 Å². The Morgan fingerprint density at radius 3 is 2.27 bits per heavy atom. The predicted molar refractivity (Wildman–Crippen MR) is 61.1 cm³/mol. The van der Waals surface area contributed by atoms with Crippen LogP contribution in [-0.2, 0) is 0 Å². The van der Waals surface area contributed by atoms with Gasteiger partial charge in [-0.3, -0.25) is 0 Å². The SMILES string of the molecule is CC(Cl)c1nnc(NC(C)C(C)(C)C)o1. The Morgan fingerprint density at radius 1 is 1.27 bits per heavy atom. The maximum absolute atomic E-state index is 5.82. The number of rotatable bonds is 3. The third-order valence-corrected chi connectivity index (χ3v) is 2.61. The maximum atomic E-state index is 5.82. The molecule has 0 aliphatic heterocycles. The van der Waals surface area contributed by atoms with Crippen molar-refractivity contribution in [3.63, 3.8) is 0 Å². The van der Waals surface area contributed by atoms with Crippen molar-refractivity contribution in [2.45, 2.75) is 46.0 Å². The normalized spacial score (nSPS) is 16.1. The second kappa shape index (κ2) is 4.39. The van der Waals surface area contributed by atoms with Crippen LogP contribution in [0.2, 0.25) is 0 Å². The Labute approximate surface area is 95.4 Å². The Balaban J connectivity index is 2.65. The minimum absolute atomic E-state index is 0.140. The first-order valence-electron chi connectivity index (χ1n) is 5.04. The molecule has 1 aromatic rings. The first-order valence-corrected chi connectivity index (χ1v) is 5.48. The fraction of sp³-hybridized carbons (Fsp3) is 0.800. The lowest BCUT2D eigenvalue weighted by atomic mass is 9.88. The highest BCUT2D eigenvalue weighted by molar-refractivity contribution is 6.20. The molecule has 15 heavy (non-hydrogen) atoms. The number of nitrogens with one attached hydrogen (secondary N) is 1. The van der Waals surface area contributed by atoms with Crippen molar-refractivity contribution in [1.82, 2.24) is 10.2 Å². The fourth-order valence-electron chi connectivity index (χ4n) is 0.855. The molecule has 1 heterocycles. The van der Waals surface area contributed by atoms with Crippen molar-refractivity contribution in [1.29, 1.82) is 0 Å². The Kier molecular flexibility index (Phi) is 3.60. The molecular formula is C10H18ClN3O. The number of hydrogen-bond donors (Lipinski definition) is 1. The van der Waals surface area contributed by atoms with Crippen LogP contribution in [-0.4, -0.2) is 16.2 Å². The van der Waals surface area contributed by atoms with E-state index >= 15 is 0 Å². The van der Waals surface area contributed by atoms with E-state index in [1.807, 2.05) is 0 Å². The molecule has 5 heteroatoms. The number of halogens is 1. The zero-order valence-corrected chi connectivity index (χ0v) is 10.6. The number of anilines is 1. The van der Waals surface area contributed by atoms with Crippen LogP contribution in [0, 0.1) is 5.41 Å². The summed E-state index contributed by atoms with van der Waals surface area (Å²) >= 11 is 5.82. The summed E-state index contributed by atoms with van der Waals surface area (Å²) in [6.07, 6.45) is 0. The summed E-state index contributed by atoms with van der Waals surface area (Å²) in [5.74, 6) is 0.445. The summed E-state index contributed by atoms with van der Waals surface area (Å²) in [6.45, 7) is 10.3. The number of hydrogen-bond acceptors (Lipinski definition) is 4. The van der Waals surface area contributed by atoms with Gasteiger partial charge in [-0.1, -0.05) is 25.9 Å². The van der Waals surface area contributed by atoms with Crippen molar-refractivity contribution >= 4 is 17.6 Å². The largest absolute Gasteiger partial charge is 0.406 e. The third-order valence-electron chi connectivity index (χ3n) is 2.42. The second-order valence-electron chi connectivity index (χ2n) is 4.79. The first kappa shape index (κ1) is 12.3. The lowest BCUT2D eigenvalue weighted by Crippen LogP contribution is -2.30. The van der Waals surface area contributed by atoms with Gasteiger partial charge in [0, 0.05) is 6.04 Å². The first-order chi connectivity index (χ1) is 6.80. The summed E-state index contributed by atoms with van der Waals surface area (Å²) in [6, 6.07) is 0.677. The maximum Gasteiger partial charge on any atom is 0.315 e. The summed E-state index contributed by atoms with van der Waals surface area (Å²) in [7, 11) is 0. The van der Waals surface area contributed by atoms with Crippen molar-refractivity contribution < 1.29 is 4.42 Å². The Morgan fingerprint density at radius 2 is 1.87 bits per heavy atom. The fourth-order valence-corrected chi connectivity index (χ4v) is 0.944. The minimum atomic E-state index is -0.252. The summed E-state index contributed by atoms with van der Waals surface area (Å²) in [5.41, 5.74) is 0.140. The monoisotopic (exact) mass is 231 g/mol. The van der Waals surface area contributed by atoms with Gasteiger partial charge in [0.15, 0.2) is 0 Å². The molecule has 0 aliphatic rings. The molecule has 0 bridgehead atoms. The molecule has 0 aromatic carbocycles. The Bertz CT molecular complexity index is 317. The lowest BCUT2D eigenvalue weighted by molar-refractivity contribution is 0.351. The summed E-state index contributed by atoms with van der Waals surface area (Å²) in [5, 5.41) is 10.6.